The number of benzene rings is 2. The fourth-order valence-corrected chi connectivity index (χ4v) is 4.73. The monoisotopic (exact) mass is 475 g/mol. The van der Waals surface area contributed by atoms with Crippen LogP contribution in [0.3, 0.4) is 0 Å². The Hall–Kier alpha value is -3.53. The lowest BCUT2D eigenvalue weighted by atomic mass is 10.1. The van der Waals surface area contributed by atoms with Gasteiger partial charge in [0.05, 0.1) is 40.4 Å². The van der Waals surface area contributed by atoms with Gasteiger partial charge in [0, 0.05) is 16.5 Å². The molecule has 1 unspecified atom stereocenters. The van der Waals surface area contributed by atoms with Crippen molar-refractivity contribution in [3.05, 3.63) is 46.3 Å². The summed E-state index contributed by atoms with van der Waals surface area (Å²) in [5.41, 5.74) is -0.178. The van der Waals surface area contributed by atoms with E-state index in [9.17, 15) is 14.7 Å². The van der Waals surface area contributed by atoms with Gasteiger partial charge in [0.25, 0.3) is 5.91 Å². The lowest BCUT2D eigenvalue weighted by Crippen LogP contribution is -2.30. The summed E-state index contributed by atoms with van der Waals surface area (Å²) in [4.78, 5) is 25.2. The van der Waals surface area contributed by atoms with Crippen LogP contribution in [-0.2, 0) is 10.9 Å². The van der Waals surface area contributed by atoms with E-state index in [4.69, 9.17) is 23.4 Å². The van der Waals surface area contributed by atoms with Crippen LogP contribution < -0.4 is 35.0 Å². The van der Waals surface area contributed by atoms with Gasteiger partial charge in [-0.15, -0.1) is 0 Å². The Kier molecular flexibility index (Phi) is 7.59. The van der Waals surface area contributed by atoms with Gasteiger partial charge in [-0.2, -0.15) is 0 Å². The molecule has 0 spiro atoms. The first-order valence-corrected chi connectivity index (χ1v) is 11.7. The second-order valence-corrected chi connectivity index (χ2v) is 8.98. The quantitative estimate of drug-likeness (QED) is 0.368. The van der Waals surface area contributed by atoms with Crippen molar-refractivity contribution in [3.63, 3.8) is 0 Å². The Balaban J connectivity index is 1.77. The van der Waals surface area contributed by atoms with Crippen LogP contribution in [0.5, 0.6) is 28.7 Å². The van der Waals surface area contributed by atoms with Crippen LogP contribution >= 0.6 is 0 Å². The van der Waals surface area contributed by atoms with Gasteiger partial charge in [-0.25, -0.2) is 4.79 Å². The molecule has 0 aliphatic carbocycles. The van der Waals surface area contributed by atoms with Crippen molar-refractivity contribution in [1.29, 1.82) is 0 Å². The molecule has 176 valence electrons. The Morgan fingerprint density at radius 3 is 2.24 bits per heavy atom. The molecule has 1 atom stereocenters. The van der Waals surface area contributed by atoms with Crippen LogP contribution in [0.1, 0.15) is 10.4 Å². The van der Waals surface area contributed by atoms with E-state index in [1.54, 1.807) is 36.6 Å². The molecular weight excluding hydrogens is 450 g/mol. The van der Waals surface area contributed by atoms with Crippen molar-refractivity contribution in [2.24, 2.45) is 0 Å². The number of hydrogen-bond donors (Lipinski definition) is 1. The first kappa shape index (κ1) is 24.1. The first-order valence-electron chi connectivity index (χ1n) is 9.87. The predicted molar refractivity (Wildman–Crippen MR) is 123 cm³/mol. The van der Waals surface area contributed by atoms with Crippen LogP contribution in [0.15, 0.2) is 44.4 Å². The molecule has 0 saturated carbocycles. The largest absolute Gasteiger partial charge is 0.868 e. The lowest BCUT2D eigenvalue weighted by molar-refractivity contribution is -0.270. The number of fused-ring (bicyclic) bond motifs is 1. The Labute approximate surface area is 193 Å². The summed E-state index contributed by atoms with van der Waals surface area (Å²) in [6, 6.07) is 7.92. The SMILES string of the molecule is COc1cc(C(=O)NCC[S+](C)c2c([O-])c3c(OC)cccc3oc2=O)cc(OC)c1OC. The maximum absolute atomic E-state index is 13.0. The molecule has 10 heteroatoms. The van der Waals surface area contributed by atoms with Gasteiger partial charge in [0.2, 0.25) is 10.6 Å². The van der Waals surface area contributed by atoms with E-state index in [2.05, 4.69) is 5.32 Å². The molecule has 33 heavy (non-hydrogen) atoms. The summed E-state index contributed by atoms with van der Waals surface area (Å²) in [5, 5.41) is 16.1. The maximum atomic E-state index is 13.0. The molecule has 0 aliphatic rings. The number of hydrogen-bond acceptors (Lipinski definition) is 8. The van der Waals surface area contributed by atoms with E-state index in [1.807, 2.05) is 0 Å². The van der Waals surface area contributed by atoms with E-state index in [0.29, 0.717) is 34.3 Å². The fraction of sp³-hybridized carbons (Fsp3) is 0.304. The molecule has 0 bridgehead atoms. The molecule has 3 aromatic rings. The zero-order valence-corrected chi connectivity index (χ0v) is 19.8. The minimum atomic E-state index is -0.771. The van der Waals surface area contributed by atoms with Crippen LogP contribution in [0.4, 0.5) is 0 Å². The van der Waals surface area contributed by atoms with Gasteiger partial charge in [-0.1, -0.05) is 6.07 Å². The highest BCUT2D eigenvalue weighted by Gasteiger charge is 2.25. The second-order valence-electron chi connectivity index (χ2n) is 6.89. The zero-order chi connectivity index (χ0) is 24.1. The highest BCUT2D eigenvalue weighted by Crippen LogP contribution is 2.38. The van der Waals surface area contributed by atoms with E-state index < -0.39 is 22.3 Å². The molecule has 3 rings (SSSR count). The average Bonchev–Trinajstić information content (AvgIpc) is 2.82. The summed E-state index contributed by atoms with van der Waals surface area (Å²) in [6.45, 7) is 0.234. The van der Waals surface area contributed by atoms with Crippen molar-refractivity contribution in [1.82, 2.24) is 5.32 Å². The summed E-state index contributed by atoms with van der Waals surface area (Å²) in [6.07, 6.45) is 1.76. The van der Waals surface area contributed by atoms with Gasteiger partial charge in [0.15, 0.2) is 11.5 Å². The standard InChI is InChI=1S/C23H25NO8S/c1-28-14-7-6-8-15-18(14)19(25)21(23(27)32-15)33(5)10-9-24-22(26)13-11-16(29-2)20(31-4)17(12-13)30-3/h6-8,11-12H,9-10H2,1-5H3,(H-,24,25,26,27). The van der Waals surface area contributed by atoms with Gasteiger partial charge in [0.1, 0.15) is 23.3 Å². The molecule has 0 radical (unpaired) electrons. The number of rotatable bonds is 9. The minimum absolute atomic E-state index is 0.0500. The van der Waals surface area contributed by atoms with Crippen LogP contribution in [-0.4, -0.2) is 52.9 Å². The minimum Gasteiger partial charge on any atom is -0.868 e. The van der Waals surface area contributed by atoms with Gasteiger partial charge in [-0.3, -0.25) is 4.79 Å². The van der Waals surface area contributed by atoms with Crippen molar-refractivity contribution in [3.8, 4) is 28.7 Å². The fourth-order valence-electron chi connectivity index (χ4n) is 3.38. The summed E-state index contributed by atoms with van der Waals surface area (Å²) in [5.74, 6) is 1.04. The number of amides is 1. The molecule has 1 amide bonds. The summed E-state index contributed by atoms with van der Waals surface area (Å²) >= 11 is 0. The summed E-state index contributed by atoms with van der Waals surface area (Å²) in [7, 11) is 5.08. The number of nitrogens with one attached hydrogen (secondary N) is 1. The number of methoxy groups -OCH3 is 4. The van der Waals surface area contributed by atoms with E-state index in [-0.39, 0.29) is 28.3 Å². The number of carbonyl (C=O) groups excluding carboxylic acids is 1. The van der Waals surface area contributed by atoms with E-state index in [1.165, 1.54) is 28.4 Å². The lowest BCUT2D eigenvalue weighted by Gasteiger charge is -2.16. The summed E-state index contributed by atoms with van der Waals surface area (Å²) < 4.78 is 26.4. The molecule has 1 N–H and O–H groups in total. The Morgan fingerprint density at radius 1 is 1.03 bits per heavy atom. The predicted octanol–water partition coefficient (Wildman–Crippen LogP) is 1.94. The van der Waals surface area contributed by atoms with Crippen molar-refractivity contribution < 1.29 is 33.3 Å². The molecule has 0 aliphatic heterocycles. The van der Waals surface area contributed by atoms with Gasteiger partial charge >= 0.3 is 5.63 Å². The third-order valence-corrected chi connectivity index (χ3v) is 6.86. The third kappa shape index (κ3) is 4.80. The van der Waals surface area contributed by atoms with Crippen LogP contribution in [0.2, 0.25) is 0 Å². The first-order chi connectivity index (χ1) is 15.9. The van der Waals surface area contributed by atoms with Gasteiger partial charge < -0.3 is 33.8 Å². The molecule has 1 aromatic heterocycles. The van der Waals surface area contributed by atoms with E-state index >= 15 is 0 Å². The molecule has 2 aromatic carbocycles. The molecular formula is C23H25NO8S. The molecule has 0 saturated heterocycles. The van der Waals surface area contributed by atoms with Crippen molar-refractivity contribution >= 4 is 27.8 Å². The topological polar surface area (TPSA) is 119 Å². The average molecular weight is 476 g/mol. The van der Waals surface area contributed by atoms with Gasteiger partial charge in [-0.05, 0) is 30.0 Å². The van der Waals surface area contributed by atoms with Crippen molar-refractivity contribution in [2.45, 2.75) is 4.90 Å². The number of ether oxygens (including phenoxy) is 4. The second kappa shape index (κ2) is 10.4. The Morgan fingerprint density at radius 2 is 1.67 bits per heavy atom. The highest BCUT2D eigenvalue weighted by atomic mass is 32.2. The van der Waals surface area contributed by atoms with Crippen molar-refractivity contribution in [2.75, 3.05) is 47.0 Å². The molecule has 9 nitrogen and oxygen atoms in total. The van der Waals surface area contributed by atoms with Crippen LogP contribution in [0.25, 0.3) is 11.0 Å². The molecule has 0 fully saturated rings. The van der Waals surface area contributed by atoms with Crippen LogP contribution in [0, 0.1) is 0 Å². The molecule has 1 heterocycles. The zero-order valence-electron chi connectivity index (χ0n) is 19.0. The third-order valence-electron chi connectivity index (χ3n) is 5.00. The number of carbonyl (C=O) groups is 1. The normalized spacial score (nSPS) is 11.7. The highest BCUT2D eigenvalue weighted by molar-refractivity contribution is 7.96. The maximum Gasteiger partial charge on any atom is 0.391 e. The van der Waals surface area contributed by atoms with E-state index in [0.717, 1.165) is 0 Å². The smallest absolute Gasteiger partial charge is 0.391 e. The Bertz CT molecular complexity index is 1200.